The molecule has 94 valence electrons. The number of amides is 2. The minimum atomic E-state index is -0.415. The first-order valence-corrected chi connectivity index (χ1v) is 5.56. The summed E-state index contributed by atoms with van der Waals surface area (Å²) < 4.78 is 4.71. The lowest BCUT2D eigenvalue weighted by Crippen LogP contribution is -2.46. The van der Waals surface area contributed by atoms with Crippen molar-refractivity contribution in [3.63, 3.8) is 0 Å². The predicted molar refractivity (Wildman–Crippen MR) is 62.1 cm³/mol. The van der Waals surface area contributed by atoms with Gasteiger partial charge in [-0.25, -0.2) is 4.79 Å². The van der Waals surface area contributed by atoms with Gasteiger partial charge < -0.3 is 15.0 Å². The molecule has 1 atom stereocenters. The fourth-order valence-corrected chi connectivity index (χ4v) is 1.12. The van der Waals surface area contributed by atoms with Gasteiger partial charge in [0.05, 0.1) is 6.61 Å². The van der Waals surface area contributed by atoms with Gasteiger partial charge in [-0.1, -0.05) is 13.8 Å². The number of urea groups is 1. The van der Waals surface area contributed by atoms with Gasteiger partial charge in [-0.3, -0.25) is 4.79 Å². The molecule has 0 fully saturated rings. The maximum atomic E-state index is 11.6. The Labute approximate surface area is 97.1 Å². The molecule has 1 unspecified atom stereocenters. The average Bonchev–Trinajstić information content (AvgIpc) is 2.24. The molecule has 0 saturated heterocycles. The molecule has 0 heterocycles. The third-order valence-corrected chi connectivity index (χ3v) is 2.59. The Morgan fingerprint density at radius 2 is 1.88 bits per heavy atom. The molecular formula is C11H22N2O3. The fourth-order valence-electron chi connectivity index (χ4n) is 1.12. The van der Waals surface area contributed by atoms with Gasteiger partial charge >= 0.3 is 12.0 Å². The lowest BCUT2D eigenvalue weighted by Gasteiger charge is -2.27. The van der Waals surface area contributed by atoms with Crippen molar-refractivity contribution >= 4 is 12.0 Å². The molecule has 1 N–H and O–H groups in total. The van der Waals surface area contributed by atoms with Gasteiger partial charge in [-0.15, -0.1) is 0 Å². The van der Waals surface area contributed by atoms with Gasteiger partial charge in [0.1, 0.15) is 6.54 Å². The lowest BCUT2D eigenvalue weighted by atomic mass is 10.1. The molecule has 0 saturated carbocycles. The van der Waals surface area contributed by atoms with Crippen LogP contribution in [0.1, 0.15) is 27.7 Å². The van der Waals surface area contributed by atoms with Gasteiger partial charge in [0.25, 0.3) is 0 Å². The van der Waals surface area contributed by atoms with E-state index in [9.17, 15) is 9.59 Å². The monoisotopic (exact) mass is 230 g/mol. The molecule has 0 aromatic carbocycles. The Balaban J connectivity index is 4.01. The largest absolute Gasteiger partial charge is 0.465 e. The van der Waals surface area contributed by atoms with E-state index in [2.05, 4.69) is 5.32 Å². The number of nitrogens with one attached hydrogen (secondary N) is 1. The molecule has 0 aliphatic carbocycles. The summed E-state index contributed by atoms with van der Waals surface area (Å²) in [6.07, 6.45) is 0. The topological polar surface area (TPSA) is 58.6 Å². The van der Waals surface area contributed by atoms with Crippen molar-refractivity contribution in [2.45, 2.75) is 33.7 Å². The van der Waals surface area contributed by atoms with Crippen molar-refractivity contribution in [3.05, 3.63) is 0 Å². The minimum Gasteiger partial charge on any atom is -0.465 e. The van der Waals surface area contributed by atoms with E-state index in [1.54, 1.807) is 18.9 Å². The zero-order valence-corrected chi connectivity index (χ0v) is 10.7. The van der Waals surface area contributed by atoms with E-state index in [1.807, 2.05) is 20.8 Å². The Hall–Kier alpha value is -1.26. The van der Waals surface area contributed by atoms with Crippen molar-refractivity contribution < 1.29 is 14.3 Å². The van der Waals surface area contributed by atoms with Crippen LogP contribution in [0.4, 0.5) is 4.79 Å². The summed E-state index contributed by atoms with van der Waals surface area (Å²) in [4.78, 5) is 24.2. The highest BCUT2D eigenvalue weighted by molar-refractivity contribution is 5.80. The van der Waals surface area contributed by atoms with Crippen LogP contribution in [0.15, 0.2) is 0 Å². The number of nitrogens with zero attached hydrogens (tertiary/aromatic N) is 1. The predicted octanol–water partition coefficient (Wildman–Crippen LogP) is 1.24. The number of rotatable bonds is 5. The van der Waals surface area contributed by atoms with E-state index in [0.717, 1.165) is 0 Å². The molecule has 5 nitrogen and oxygen atoms in total. The van der Waals surface area contributed by atoms with Crippen molar-refractivity contribution in [1.82, 2.24) is 10.2 Å². The zero-order chi connectivity index (χ0) is 12.7. The van der Waals surface area contributed by atoms with Crippen molar-refractivity contribution in [1.29, 1.82) is 0 Å². The maximum Gasteiger partial charge on any atom is 0.325 e. The second-order valence-corrected chi connectivity index (χ2v) is 4.06. The highest BCUT2D eigenvalue weighted by atomic mass is 16.5. The normalized spacial score (nSPS) is 12.1. The smallest absolute Gasteiger partial charge is 0.325 e. The van der Waals surface area contributed by atoms with Crippen LogP contribution >= 0.6 is 0 Å². The molecule has 0 radical (unpaired) electrons. The molecular weight excluding hydrogens is 208 g/mol. The summed E-state index contributed by atoms with van der Waals surface area (Å²) in [7, 11) is 1.71. The van der Waals surface area contributed by atoms with Crippen molar-refractivity contribution in [2.75, 3.05) is 20.2 Å². The summed E-state index contributed by atoms with van der Waals surface area (Å²) in [5, 5.41) is 2.52. The minimum absolute atomic E-state index is 0.0815. The first kappa shape index (κ1) is 14.7. The Morgan fingerprint density at radius 1 is 1.31 bits per heavy atom. The third-order valence-electron chi connectivity index (χ3n) is 2.59. The van der Waals surface area contributed by atoms with Gasteiger partial charge in [-0.2, -0.15) is 0 Å². The average molecular weight is 230 g/mol. The van der Waals surface area contributed by atoms with Gasteiger partial charge in [0, 0.05) is 13.1 Å². The first-order valence-electron chi connectivity index (χ1n) is 5.56. The molecule has 0 aliphatic heterocycles. The van der Waals surface area contributed by atoms with Crippen LogP contribution < -0.4 is 5.32 Å². The van der Waals surface area contributed by atoms with Crippen LogP contribution in [0, 0.1) is 5.92 Å². The third kappa shape index (κ3) is 5.00. The molecule has 0 aromatic heterocycles. The van der Waals surface area contributed by atoms with E-state index >= 15 is 0 Å². The summed E-state index contributed by atoms with van der Waals surface area (Å²) in [6.45, 7) is 8.02. The van der Waals surface area contributed by atoms with Gasteiger partial charge in [0.15, 0.2) is 0 Å². The van der Waals surface area contributed by atoms with Gasteiger partial charge in [-0.05, 0) is 19.8 Å². The number of ether oxygens (including phenoxy) is 1. The number of hydrogen-bond donors (Lipinski definition) is 1. The van der Waals surface area contributed by atoms with Crippen molar-refractivity contribution in [2.24, 2.45) is 5.92 Å². The Kier molecular flexibility index (Phi) is 6.53. The highest BCUT2D eigenvalue weighted by Crippen LogP contribution is 2.07. The summed E-state index contributed by atoms with van der Waals surface area (Å²) in [5.41, 5.74) is 0. The zero-order valence-electron chi connectivity index (χ0n) is 10.7. The van der Waals surface area contributed by atoms with Crippen LogP contribution in [0.3, 0.4) is 0 Å². The molecule has 0 spiro atoms. The Bertz CT molecular complexity index is 241. The standard InChI is InChI=1S/C11H22N2O3/c1-6-16-10(14)7-12-11(15)13(5)9(4)8(2)3/h8-9H,6-7H2,1-5H3,(H,12,15). The summed E-state index contributed by atoms with van der Waals surface area (Å²) in [5.74, 6) is -0.0419. The summed E-state index contributed by atoms with van der Waals surface area (Å²) in [6, 6.07) is -0.128. The first-order chi connectivity index (χ1) is 7.40. The van der Waals surface area contributed by atoms with Crippen molar-refractivity contribution in [3.8, 4) is 0 Å². The van der Waals surface area contributed by atoms with Crippen LogP contribution in [0.5, 0.6) is 0 Å². The Morgan fingerprint density at radius 3 is 2.31 bits per heavy atom. The molecule has 0 rings (SSSR count). The van der Waals surface area contributed by atoms with Crippen LogP contribution in [-0.2, 0) is 9.53 Å². The molecule has 0 bridgehead atoms. The van der Waals surface area contributed by atoms with Crippen LogP contribution in [0.2, 0.25) is 0 Å². The van der Waals surface area contributed by atoms with E-state index in [-0.39, 0.29) is 18.6 Å². The fraction of sp³-hybridized carbons (Fsp3) is 0.818. The quantitative estimate of drug-likeness (QED) is 0.723. The second kappa shape index (κ2) is 7.09. The number of esters is 1. The summed E-state index contributed by atoms with van der Waals surface area (Å²) >= 11 is 0. The van der Waals surface area contributed by atoms with Gasteiger partial charge in [0.2, 0.25) is 0 Å². The van der Waals surface area contributed by atoms with E-state index in [0.29, 0.717) is 12.5 Å². The second-order valence-electron chi connectivity index (χ2n) is 4.06. The number of carbonyl (C=O) groups is 2. The molecule has 0 aromatic rings. The van der Waals surface area contributed by atoms with E-state index in [1.165, 1.54) is 0 Å². The number of carbonyl (C=O) groups excluding carboxylic acids is 2. The van der Waals surface area contributed by atoms with E-state index in [4.69, 9.17) is 4.74 Å². The maximum absolute atomic E-state index is 11.6. The van der Waals surface area contributed by atoms with Crippen LogP contribution in [-0.4, -0.2) is 43.1 Å². The SMILES string of the molecule is CCOC(=O)CNC(=O)N(C)C(C)C(C)C. The molecule has 2 amide bonds. The van der Waals surface area contributed by atoms with E-state index < -0.39 is 5.97 Å². The van der Waals surface area contributed by atoms with Crippen LogP contribution in [0.25, 0.3) is 0 Å². The highest BCUT2D eigenvalue weighted by Gasteiger charge is 2.18. The molecule has 5 heteroatoms. The lowest BCUT2D eigenvalue weighted by molar-refractivity contribution is -0.141. The molecule has 16 heavy (non-hydrogen) atoms. The number of hydrogen-bond acceptors (Lipinski definition) is 3. The molecule has 0 aliphatic rings.